The van der Waals surface area contributed by atoms with Crippen LogP contribution in [0.3, 0.4) is 0 Å². The molecule has 0 bridgehead atoms. The highest BCUT2D eigenvalue weighted by Gasteiger charge is 2.23. The van der Waals surface area contributed by atoms with Crippen molar-refractivity contribution >= 4 is 16.8 Å². The van der Waals surface area contributed by atoms with Crippen LogP contribution in [0.5, 0.6) is 5.75 Å². The van der Waals surface area contributed by atoms with E-state index in [0.717, 1.165) is 39.9 Å². The lowest BCUT2D eigenvalue weighted by atomic mass is 10.0. The molecule has 1 aromatic heterocycles. The fourth-order valence-electron chi connectivity index (χ4n) is 2.45. The van der Waals surface area contributed by atoms with Crippen molar-refractivity contribution < 1.29 is 9.53 Å². The van der Waals surface area contributed by atoms with E-state index < -0.39 is 0 Å². The van der Waals surface area contributed by atoms with Crippen LogP contribution >= 0.6 is 0 Å². The van der Waals surface area contributed by atoms with Crippen molar-refractivity contribution in [1.82, 2.24) is 10.3 Å². The zero-order valence-corrected chi connectivity index (χ0v) is 9.89. The van der Waals surface area contributed by atoms with E-state index in [2.05, 4.69) is 10.3 Å². The van der Waals surface area contributed by atoms with Crippen LogP contribution in [0.1, 0.15) is 21.6 Å². The third kappa shape index (κ3) is 1.40. The molecule has 88 valence electrons. The van der Waals surface area contributed by atoms with Gasteiger partial charge in [-0.05, 0) is 24.6 Å². The molecular weight excluding hydrogens is 216 g/mol. The molecule has 1 amide bonds. The molecule has 0 fully saturated rings. The van der Waals surface area contributed by atoms with Crippen LogP contribution in [0.15, 0.2) is 12.1 Å². The Morgan fingerprint density at radius 2 is 2.18 bits per heavy atom. The summed E-state index contributed by atoms with van der Waals surface area (Å²) >= 11 is 0. The topological polar surface area (TPSA) is 54.1 Å². The summed E-state index contributed by atoms with van der Waals surface area (Å²) in [6.45, 7) is 2.70. The predicted molar refractivity (Wildman–Crippen MR) is 65.6 cm³/mol. The molecule has 1 aliphatic rings. The van der Waals surface area contributed by atoms with Gasteiger partial charge in [-0.1, -0.05) is 0 Å². The Hall–Kier alpha value is -1.97. The second kappa shape index (κ2) is 3.52. The van der Waals surface area contributed by atoms with Crippen molar-refractivity contribution in [3.63, 3.8) is 0 Å². The lowest BCUT2D eigenvalue weighted by molar-refractivity contribution is 0.0947. The van der Waals surface area contributed by atoms with Gasteiger partial charge in [0.2, 0.25) is 0 Å². The molecule has 0 spiro atoms. The van der Waals surface area contributed by atoms with Gasteiger partial charge < -0.3 is 15.0 Å². The van der Waals surface area contributed by atoms with E-state index in [1.54, 1.807) is 7.11 Å². The Morgan fingerprint density at radius 1 is 1.35 bits per heavy atom. The Morgan fingerprint density at radius 3 is 2.94 bits per heavy atom. The number of carbonyl (C=O) groups excluding carboxylic acids is 1. The summed E-state index contributed by atoms with van der Waals surface area (Å²) in [5.74, 6) is 0.798. The van der Waals surface area contributed by atoms with E-state index >= 15 is 0 Å². The number of nitrogens with one attached hydrogen (secondary N) is 2. The minimum Gasteiger partial charge on any atom is -0.495 e. The summed E-state index contributed by atoms with van der Waals surface area (Å²) in [7, 11) is 1.65. The maximum atomic E-state index is 11.9. The van der Waals surface area contributed by atoms with E-state index in [4.69, 9.17) is 4.74 Å². The van der Waals surface area contributed by atoms with Gasteiger partial charge in [-0.2, -0.15) is 0 Å². The summed E-state index contributed by atoms with van der Waals surface area (Å²) in [5.41, 5.74) is 3.79. The molecule has 4 heteroatoms. The number of fused-ring (bicyclic) bond motifs is 3. The zero-order chi connectivity index (χ0) is 12.0. The van der Waals surface area contributed by atoms with Crippen molar-refractivity contribution in [2.24, 2.45) is 0 Å². The molecule has 0 saturated heterocycles. The molecule has 0 saturated carbocycles. The molecule has 0 aliphatic carbocycles. The molecule has 0 atom stereocenters. The maximum Gasteiger partial charge on any atom is 0.253 e. The highest BCUT2D eigenvalue weighted by molar-refractivity contribution is 6.10. The van der Waals surface area contributed by atoms with Crippen LogP contribution in [-0.4, -0.2) is 24.5 Å². The van der Waals surface area contributed by atoms with Gasteiger partial charge in [0.15, 0.2) is 0 Å². The van der Waals surface area contributed by atoms with Crippen molar-refractivity contribution in [3.05, 3.63) is 29.0 Å². The van der Waals surface area contributed by atoms with Crippen LogP contribution in [0.4, 0.5) is 0 Å². The Kier molecular flexibility index (Phi) is 2.11. The van der Waals surface area contributed by atoms with Crippen LogP contribution in [-0.2, 0) is 6.42 Å². The molecule has 0 unspecified atom stereocenters. The van der Waals surface area contributed by atoms with Crippen LogP contribution in [0, 0.1) is 6.92 Å². The molecule has 3 rings (SSSR count). The van der Waals surface area contributed by atoms with Gasteiger partial charge in [0.1, 0.15) is 5.75 Å². The first-order chi connectivity index (χ1) is 8.20. The van der Waals surface area contributed by atoms with Gasteiger partial charge in [-0.25, -0.2) is 0 Å². The number of methoxy groups -OCH3 is 1. The number of hydrogen-bond donors (Lipinski definition) is 2. The van der Waals surface area contributed by atoms with E-state index in [-0.39, 0.29) is 5.91 Å². The van der Waals surface area contributed by atoms with Gasteiger partial charge in [-0.3, -0.25) is 4.79 Å². The molecule has 2 N–H and O–H groups in total. The Bertz CT molecular complexity index is 613. The normalized spacial score (nSPS) is 14.6. The second-order valence-corrected chi connectivity index (χ2v) is 4.37. The summed E-state index contributed by atoms with van der Waals surface area (Å²) in [5, 5.41) is 3.83. The van der Waals surface area contributed by atoms with Gasteiger partial charge in [-0.15, -0.1) is 0 Å². The quantitative estimate of drug-likeness (QED) is 0.784. The number of aryl methyl sites for hydroxylation is 1. The van der Waals surface area contributed by atoms with Crippen LogP contribution in [0.2, 0.25) is 0 Å². The number of benzene rings is 1. The average Bonchev–Trinajstić information content (AvgIpc) is 2.67. The highest BCUT2D eigenvalue weighted by atomic mass is 16.5. The Labute approximate surface area is 99.0 Å². The lowest BCUT2D eigenvalue weighted by Crippen LogP contribution is -2.31. The minimum atomic E-state index is 0.00477. The number of H-pyrrole nitrogens is 1. The predicted octanol–water partition coefficient (Wildman–Crippen LogP) is 1.77. The maximum absolute atomic E-state index is 11.9. The first-order valence-electron chi connectivity index (χ1n) is 5.68. The minimum absolute atomic E-state index is 0.00477. The first-order valence-corrected chi connectivity index (χ1v) is 5.68. The SMILES string of the molecule is COc1cc(C)cc2c3c([nH]c12)CCNC3=O. The summed E-state index contributed by atoms with van der Waals surface area (Å²) < 4.78 is 5.36. The van der Waals surface area contributed by atoms with Gasteiger partial charge in [0, 0.05) is 24.0 Å². The van der Waals surface area contributed by atoms with E-state index in [1.165, 1.54) is 0 Å². The third-order valence-corrected chi connectivity index (χ3v) is 3.20. The summed E-state index contributed by atoms with van der Waals surface area (Å²) in [4.78, 5) is 15.2. The number of aromatic amines is 1. The Balaban J connectivity index is 2.39. The highest BCUT2D eigenvalue weighted by Crippen LogP contribution is 2.32. The molecular formula is C13H14N2O2. The smallest absolute Gasteiger partial charge is 0.253 e. The van der Waals surface area contributed by atoms with Crippen molar-refractivity contribution in [2.45, 2.75) is 13.3 Å². The van der Waals surface area contributed by atoms with Gasteiger partial charge in [0.25, 0.3) is 5.91 Å². The van der Waals surface area contributed by atoms with E-state index in [1.807, 2.05) is 19.1 Å². The molecule has 1 aromatic carbocycles. The second-order valence-electron chi connectivity index (χ2n) is 4.37. The summed E-state index contributed by atoms with van der Waals surface area (Å²) in [6, 6.07) is 4.00. The molecule has 4 nitrogen and oxygen atoms in total. The fraction of sp³-hybridized carbons (Fsp3) is 0.308. The van der Waals surface area contributed by atoms with E-state index in [0.29, 0.717) is 6.54 Å². The standard InChI is InChI=1S/C13H14N2O2/c1-7-5-8-11-9(3-4-14-13(11)16)15-12(8)10(6-7)17-2/h5-6,15H,3-4H2,1-2H3,(H,14,16). The monoisotopic (exact) mass is 230 g/mol. The van der Waals surface area contributed by atoms with Crippen molar-refractivity contribution in [1.29, 1.82) is 0 Å². The van der Waals surface area contributed by atoms with Gasteiger partial charge >= 0.3 is 0 Å². The first kappa shape index (κ1) is 10.2. The largest absolute Gasteiger partial charge is 0.495 e. The zero-order valence-electron chi connectivity index (χ0n) is 9.89. The number of hydrogen-bond acceptors (Lipinski definition) is 2. The fourth-order valence-corrected chi connectivity index (χ4v) is 2.45. The molecule has 17 heavy (non-hydrogen) atoms. The van der Waals surface area contributed by atoms with Crippen LogP contribution in [0.25, 0.3) is 10.9 Å². The number of rotatable bonds is 1. The number of amides is 1. The number of aromatic nitrogens is 1. The molecule has 0 radical (unpaired) electrons. The number of ether oxygens (including phenoxy) is 1. The molecule has 2 heterocycles. The average molecular weight is 230 g/mol. The van der Waals surface area contributed by atoms with Crippen molar-refractivity contribution in [3.8, 4) is 5.75 Å². The van der Waals surface area contributed by atoms with E-state index in [9.17, 15) is 4.79 Å². The lowest BCUT2D eigenvalue weighted by Gasteiger charge is -2.12. The van der Waals surface area contributed by atoms with Gasteiger partial charge in [0.05, 0.1) is 18.2 Å². The van der Waals surface area contributed by atoms with Crippen molar-refractivity contribution in [2.75, 3.05) is 13.7 Å². The van der Waals surface area contributed by atoms with Crippen LogP contribution < -0.4 is 10.1 Å². The summed E-state index contributed by atoms with van der Waals surface area (Å²) in [6.07, 6.45) is 0.845. The number of carbonyl (C=O) groups is 1. The molecule has 2 aromatic rings. The third-order valence-electron chi connectivity index (χ3n) is 3.20. The molecule has 1 aliphatic heterocycles.